The average Bonchev–Trinajstić information content (AvgIpc) is 3.11. The first-order valence-electron chi connectivity index (χ1n) is 12.4. The highest BCUT2D eigenvalue weighted by molar-refractivity contribution is 6.35. The van der Waals surface area contributed by atoms with E-state index in [9.17, 15) is 27.2 Å². The minimum Gasteiger partial charge on any atom is -0.476 e. The number of pyridine rings is 1. The number of amides is 2. The molecule has 2 aliphatic rings. The molecule has 39 heavy (non-hydrogen) atoms. The van der Waals surface area contributed by atoms with Gasteiger partial charge in [0.15, 0.2) is 5.60 Å². The standard InChI is InChI=1S/C26H28Cl2F4N4O3/c1-13(26(30,31)32)34-23(37)14-4-7-22(33-12-14)36-16-5-6-17(36)9-15(8-16)35-24(38)25(2,3)39-21-11-20(29)18(27)10-19(21)28/h4,7,10-13,15-17H,5-6,8-9H2,1-3H3,(H,34,37)(H,35,38)/t13-,15?,16-,17+/m1/s1. The van der Waals surface area contributed by atoms with Crippen LogP contribution in [0.5, 0.6) is 5.75 Å². The summed E-state index contributed by atoms with van der Waals surface area (Å²) in [7, 11) is 0. The van der Waals surface area contributed by atoms with Gasteiger partial charge in [0.25, 0.3) is 11.8 Å². The van der Waals surface area contributed by atoms with Crippen LogP contribution < -0.4 is 20.3 Å². The maximum Gasteiger partial charge on any atom is 0.408 e. The van der Waals surface area contributed by atoms with Crippen LogP contribution in [0.15, 0.2) is 30.5 Å². The fourth-order valence-electron chi connectivity index (χ4n) is 4.97. The van der Waals surface area contributed by atoms with E-state index in [0.717, 1.165) is 25.8 Å². The number of fused-ring (bicyclic) bond motifs is 2. The van der Waals surface area contributed by atoms with Gasteiger partial charge in [0.05, 0.1) is 15.6 Å². The summed E-state index contributed by atoms with van der Waals surface area (Å²) in [4.78, 5) is 31.8. The summed E-state index contributed by atoms with van der Waals surface area (Å²) in [6.07, 6.45) is -0.230. The van der Waals surface area contributed by atoms with Crippen molar-refractivity contribution in [3.63, 3.8) is 0 Å². The Hall–Kier alpha value is -2.79. The number of nitrogens with one attached hydrogen (secondary N) is 2. The topological polar surface area (TPSA) is 83.6 Å². The highest BCUT2D eigenvalue weighted by atomic mass is 35.5. The summed E-state index contributed by atoms with van der Waals surface area (Å²) in [5.74, 6) is -1.32. The molecular formula is C26H28Cl2F4N4O3. The summed E-state index contributed by atoms with van der Waals surface area (Å²) in [5.41, 5.74) is -1.31. The van der Waals surface area contributed by atoms with Crippen molar-refractivity contribution >= 4 is 40.8 Å². The maximum atomic E-state index is 13.9. The van der Waals surface area contributed by atoms with E-state index in [0.29, 0.717) is 18.7 Å². The van der Waals surface area contributed by atoms with Gasteiger partial charge >= 0.3 is 6.18 Å². The number of nitrogens with zero attached hydrogens (tertiary/aromatic N) is 2. The molecule has 1 aromatic heterocycles. The number of hydrogen-bond donors (Lipinski definition) is 2. The van der Waals surface area contributed by atoms with Gasteiger partial charge in [0, 0.05) is 30.4 Å². The SMILES string of the molecule is C[C@@H](NC(=O)c1ccc(N2[C@@H]3CC[C@H]2CC(NC(=O)C(C)(C)Oc2cc(F)c(Cl)cc2Cl)C3)nc1)C(F)(F)F. The molecule has 2 N–H and O–H groups in total. The molecule has 7 nitrogen and oxygen atoms in total. The highest BCUT2D eigenvalue weighted by Gasteiger charge is 2.43. The molecule has 0 aliphatic carbocycles. The number of piperidine rings is 1. The second kappa shape index (κ2) is 11.0. The molecule has 0 spiro atoms. The van der Waals surface area contributed by atoms with Crippen LogP contribution in [0.2, 0.25) is 10.0 Å². The van der Waals surface area contributed by atoms with Crippen LogP contribution in [0.3, 0.4) is 0 Å². The van der Waals surface area contributed by atoms with Crippen molar-refractivity contribution in [2.75, 3.05) is 4.90 Å². The summed E-state index contributed by atoms with van der Waals surface area (Å²) in [6.45, 7) is 4.00. The van der Waals surface area contributed by atoms with E-state index in [4.69, 9.17) is 27.9 Å². The molecule has 1 aromatic carbocycles. The number of hydrogen-bond acceptors (Lipinski definition) is 5. The molecule has 3 heterocycles. The lowest BCUT2D eigenvalue weighted by atomic mass is 9.96. The van der Waals surface area contributed by atoms with E-state index in [1.54, 1.807) is 19.9 Å². The molecule has 4 atom stereocenters. The van der Waals surface area contributed by atoms with Crippen molar-refractivity contribution in [3.05, 3.63) is 51.9 Å². The van der Waals surface area contributed by atoms with Gasteiger partial charge in [-0.2, -0.15) is 13.2 Å². The quantitative estimate of drug-likeness (QED) is 0.320. The van der Waals surface area contributed by atoms with Gasteiger partial charge in [-0.05, 0) is 64.7 Å². The van der Waals surface area contributed by atoms with Crippen molar-refractivity contribution < 1.29 is 31.9 Å². The van der Waals surface area contributed by atoms with Crippen molar-refractivity contribution in [2.24, 2.45) is 0 Å². The van der Waals surface area contributed by atoms with Crippen LogP contribution in [-0.2, 0) is 4.79 Å². The number of carbonyl (C=O) groups excluding carboxylic acids is 2. The van der Waals surface area contributed by atoms with E-state index in [1.165, 1.54) is 18.3 Å². The van der Waals surface area contributed by atoms with Gasteiger partial charge in [0.2, 0.25) is 0 Å². The van der Waals surface area contributed by atoms with Gasteiger partial charge in [-0.25, -0.2) is 9.37 Å². The monoisotopic (exact) mass is 590 g/mol. The number of aromatic nitrogens is 1. The lowest BCUT2D eigenvalue weighted by molar-refractivity contribution is -0.149. The average molecular weight is 591 g/mol. The van der Waals surface area contributed by atoms with Crippen LogP contribution in [0.4, 0.5) is 23.4 Å². The summed E-state index contributed by atoms with van der Waals surface area (Å²) < 4.78 is 57.9. The van der Waals surface area contributed by atoms with E-state index in [-0.39, 0.29) is 45.4 Å². The normalized spacial score (nSPS) is 21.9. The fraction of sp³-hybridized carbons (Fsp3) is 0.500. The molecule has 2 saturated heterocycles. The first-order valence-corrected chi connectivity index (χ1v) is 13.2. The minimum atomic E-state index is -4.54. The minimum absolute atomic E-state index is 0.00433. The predicted octanol–water partition coefficient (Wildman–Crippen LogP) is 5.68. The van der Waals surface area contributed by atoms with Gasteiger partial charge in [0.1, 0.15) is 23.4 Å². The first kappa shape index (κ1) is 29.2. The highest BCUT2D eigenvalue weighted by Crippen LogP contribution is 2.39. The molecule has 4 rings (SSSR count). The molecular weight excluding hydrogens is 563 g/mol. The number of anilines is 1. The molecule has 2 fully saturated rings. The third kappa shape index (κ3) is 6.51. The zero-order valence-corrected chi connectivity index (χ0v) is 22.9. The first-order chi connectivity index (χ1) is 18.2. The Labute approximate surface area is 233 Å². The Balaban J connectivity index is 1.37. The Kier molecular flexibility index (Phi) is 8.23. The Morgan fingerprint density at radius 1 is 1.10 bits per heavy atom. The molecule has 0 saturated carbocycles. The zero-order chi connectivity index (χ0) is 28.7. The third-order valence-corrected chi connectivity index (χ3v) is 7.65. The van der Waals surface area contributed by atoms with Gasteiger partial charge in [-0.1, -0.05) is 23.2 Å². The molecule has 0 radical (unpaired) electrons. The molecule has 1 unspecified atom stereocenters. The number of rotatable bonds is 7. The van der Waals surface area contributed by atoms with Crippen LogP contribution in [0.25, 0.3) is 0 Å². The van der Waals surface area contributed by atoms with Crippen molar-refractivity contribution in [2.45, 2.75) is 82.4 Å². The third-order valence-electron chi connectivity index (χ3n) is 7.07. The predicted molar refractivity (Wildman–Crippen MR) is 139 cm³/mol. The van der Waals surface area contributed by atoms with Crippen molar-refractivity contribution in [1.82, 2.24) is 15.6 Å². The number of halogens is 6. The van der Waals surface area contributed by atoms with Crippen molar-refractivity contribution in [1.29, 1.82) is 0 Å². The molecule has 2 bridgehead atoms. The zero-order valence-electron chi connectivity index (χ0n) is 21.4. The molecule has 13 heteroatoms. The van der Waals surface area contributed by atoms with E-state index in [2.05, 4.69) is 15.2 Å². The maximum absolute atomic E-state index is 13.9. The Morgan fingerprint density at radius 3 is 2.31 bits per heavy atom. The van der Waals surface area contributed by atoms with E-state index < -0.39 is 29.5 Å². The molecule has 2 amide bonds. The number of benzene rings is 1. The van der Waals surface area contributed by atoms with Crippen LogP contribution in [0.1, 0.15) is 56.8 Å². The van der Waals surface area contributed by atoms with Crippen LogP contribution in [0, 0.1) is 5.82 Å². The van der Waals surface area contributed by atoms with Crippen LogP contribution in [-0.4, -0.2) is 52.7 Å². The number of carbonyl (C=O) groups is 2. The summed E-state index contributed by atoms with van der Waals surface area (Å²) in [5, 5.41) is 4.89. The van der Waals surface area contributed by atoms with E-state index in [1.807, 2.05) is 5.32 Å². The van der Waals surface area contributed by atoms with Gasteiger partial charge in [-0.3, -0.25) is 9.59 Å². The Morgan fingerprint density at radius 2 is 1.74 bits per heavy atom. The summed E-state index contributed by atoms with van der Waals surface area (Å²) >= 11 is 11.8. The Bertz CT molecular complexity index is 1230. The molecule has 2 aliphatic heterocycles. The lowest BCUT2D eigenvalue weighted by Crippen LogP contribution is -2.55. The second-order valence-electron chi connectivity index (χ2n) is 10.4. The number of alkyl halides is 3. The largest absolute Gasteiger partial charge is 0.476 e. The molecule has 212 valence electrons. The van der Waals surface area contributed by atoms with Gasteiger partial charge in [-0.15, -0.1) is 0 Å². The van der Waals surface area contributed by atoms with Crippen molar-refractivity contribution in [3.8, 4) is 5.75 Å². The fourth-order valence-corrected chi connectivity index (χ4v) is 5.39. The lowest BCUT2D eigenvalue weighted by Gasteiger charge is -2.40. The summed E-state index contributed by atoms with van der Waals surface area (Å²) in [6, 6.07) is 3.38. The van der Waals surface area contributed by atoms with Gasteiger partial charge < -0.3 is 20.3 Å². The van der Waals surface area contributed by atoms with E-state index >= 15 is 0 Å². The second-order valence-corrected chi connectivity index (χ2v) is 11.2. The smallest absolute Gasteiger partial charge is 0.408 e. The van der Waals surface area contributed by atoms with Crippen LogP contribution >= 0.6 is 23.2 Å². The molecule has 2 aromatic rings. The number of ether oxygens (including phenoxy) is 1.